The van der Waals surface area contributed by atoms with E-state index in [1.54, 1.807) is 17.0 Å². The highest BCUT2D eigenvalue weighted by Crippen LogP contribution is 2.44. The monoisotopic (exact) mass is 400 g/mol. The molecule has 2 aromatic carbocycles. The Morgan fingerprint density at radius 3 is 2.61 bits per heavy atom. The van der Waals surface area contributed by atoms with Crippen LogP contribution in [0.1, 0.15) is 40.7 Å². The van der Waals surface area contributed by atoms with Crippen molar-refractivity contribution < 1.29 is 22.7 Å². The number of sulfonamides is 1. The molecule has 0 radical (unpaired) electrons. The van der Waals surface area contributed by atoms with Crippen LogP contribution in [0.25, 0.3) is 0 Å². The Labute approximate surface area is 163 Å². The Balaban J connectivity index is 1.67. The summed E-state index contributed by atoms with van der Waals surface area (Å²) in [7, 11) is -2.55. The Bertz CT molecular complexity index is 1080. The number of hydrogen-bond donors (Lipinski definition) is 1. The van der Waals surface area contributed by atoms with E-state index >= 15 is 0 Å². The molecule has 7 nitrogen and oxygen atoms in total. The lowest BCUT2D eigenvalue weighted by Gasteiger charge is -2.26. The maximum atomic E-state index is 12.9. The van der Waals surface area contributed by atoms with Crippen molar-refractivity contribution >= 4 is 33.3 Å². The summed E-state index contributed by atoms with van der Waals surface area (Å²) in [6.07, 6.45) is 1.56. The third-order valence-electron chi connectivity index (χ3n) is 5.26. The molecule has 0 aliphatic carbocycles. The standard InChI is InChI=1S/C20H20N2O5S/c1-12-17-11-16(10-14-4-3-9-22(18(14)17)19(12)23)28(25,26)21-15-7-5-13(6-8-15)20(24)27-2/h5-8,10-12,21H,3-4,9H2,1-2H3. The molecule has 0 spiro atoms. The van der Waals surface area contributed by atoms with E-state index in [4.69, 9.17) is 0 Å². The van der Waals surface area contributed by atoms with Crippen molar-refractivity contribution in [2.45, 2.75) is 30.6 Å². The molecule has 1 N–H and O–H groups in total. The van der Waals surface area contributed by atoms with Crippen LogP contribution >= 0.6 is 0 Å². The van der Waals surface area contributed by atoms with Gasteiger partial charge in [0.15, 0.2) is 0 Å². The molecule has 2 aliphatic rings. The highest BCUT2D eigenvalue weighted by molar-refractivity contribution is 7.92. The van der Waals surface area contributed by atoms with Crippen molar-refractivity contribution in [2.24, 2.45) is 0 Å². The smallest absolute Gasteiger partial charge is 0.337 e. The largest absolute Gasteiger partial charge is 0.465 e. The van der Waals surface area contributed by atoms with Gasteiger partial charge in [0.1, 0.15) is 0 Å². The topological polar surface area (TPSA) is 92.8 Å². The van der Waals surface area contributed by atoms with Crippen LogP contribution < -0.4 is 9.62 Å². The molecular weight excluding hydrogens is 380 g/mol. The van der Waals surface area contributed by atoms with Crippen molar-refractivity contribution in [1.82, 2.24) is 0 Å². The number of carbonyl (C=O) groups excluding carboxylic acids is 2. The van der Waals surface area contributed by atoms with Gasteiger partial charge in [-0.15, -0.1) is 0 Å². The summed E-state index contributed by atoms with van der Waals surface area (Å²) in [5.74, 6) is -0.812. The molecule has 0 bridgehead atoms. The second-order valence-corrected chi connectivity index (χ2v) is 8.69. The van der Waals surface area contributed by atoms with Gasteiger partial charge in [0.2, 0.25) is 5.91 Å². The Morgan fingerprint density at radius 2 is 1.93 bits per heavy atom. The van der Waals surface area contributed by atoms with Crippen LogP contribution in [0.5, 0.6) is 0 Å². The lowest BCUT2D eigenvalue weighted by Crippen LogP contribution is -2.32. The molecule has 0 saturated carbocycles. The minimum atomic E-state index is -3.84. The predicted octanol–water partition coefficient (Wildman–Crippen LogP) is 2.67. The van der Waals surface area contributed by atoms with E-state index in [0.29, 0.717) is 17.8 Å². The molecule has 28 heavy (non-hydrogen) atoms. The minimum absolute atomic E-state index is 0.0249. The van der Waals surface area contributed by atoms with E-state index in [0.717, 1.165) is 29.7 Å². The number of nitrogens with one attached hydrogen (secondary N) is 1. The number of rotatable bonds is 4. The van der Waals surface area contributed by atoms with Gasteiger partial charge in [-0.25, -0.2) is 13.2 Å². The van der Waals surface area contributed by atoms with E-state index < -0.39 is 16.0 Å². The summed E-state index contributed by atoms with van der Waals surface area (Å²) in [6, 6.07) is 9.26. The van der Waals surface area contributed by atoms with Crippen LogP contribution in [0.4, 0.5) is 11.4 Å². The van der Waals surface area contributed by atoms with Gasteiger partial charge < -0.3 is 9.64 Å². The van der Waals surface area contributed by atoms with E-state index in [-0.39, 0.29) is 16.7 Å². The van der Waals surface area contributed by atoms with Gasteiger partial charge >= 0.3 is 5.97 Å². The highest BCUT2D eigenvalue weighted by atomic mass is 32.2. The number of amides is 1. The molecule has 8 heteroatoms. The van der Waals surface area contributed by atoms with Crippen LogP contribution in [0, 0.1) is 0 Å². The number of aryl methyl sites for hydroxylation is 1. The van der Waals surface area contributed by atoms with Crippen LogP contribution in [-0.4, -0.2) is 33.9 Å². The lowest BCUT2D eigenvalue weighted by atomic mass is 9.97. The first-order valence-electron chi connectivity index (χ1n) is 9.01. The number of anilines is 2. The fourth-order valence-electron chi connectivity index (χ4n) is 3.83. The van der Waals surface area contributed by atoms with E-state index in [2.05, 4.69) is 9.46 Å². The number of benzene rings is 2. The van der Waals surface area contributed by atoms with E-state index in [9.17, 15) is 18.0 Å². The highest BCUT2D eigenvalue weighted by Gasteiger charge is 2.38. The molecule has 2 aromatic rings. The second-order valence-electron chi connectivity index (χ2n) is 7.01. The van der Waals surface area contributed by atoms with Crippen LogP contribution in [0.15, 0.2) is 41.3 Å². The van der Waals surface area contributed by atoms with Crippen molar-refractivity contribution in [1.29, 1.82) is 0 Å². The summed E-state index contributed by atoms with van der Waals surface area (Å²) >= 11 is 0. The Kier molecular flexibility index (Phi) is 4.38. The average molecular weight is 400 g/mol. The molecule has 1 unspecified atom stereocenters. The normalized spacial score (nSPS) is 18.0. The molecule has 0 saturated heterocycles. The first kappa shape index (κ1) is 18.5. The maximum Gasteiger partial charge on any atom is 0.337 e. The maximum absolute atomic E-state index is 12.9. The Hall–Kier alpha value is -2.87. The average Bonchev–Trinajstić information content (AvgIpc) is 2.94. The first-order valence-corrected chi connectivity index (χ1v) is 10.5. The molecule has 0 fully saturated rings. The fraction of sp³-hybridized carbons (Fsp3) is 0.300. The summed E-state index contributed by atoms with van der Waals surface area (Å²) in [6.45, 7) is 2.49. The number of methoxy groups -OCH3 is 1. The van der Waals surface area contributed by atoms with E-state index in [1.807, 2.05) is 6.92 Å². The number of hydrogen-bond acceptors (Lipinski definition) is 5. The summed E-state index contributed by atoms with van der Waals surface area (Å²) in [4.78, 5) is 25.9. The SMILES string of the molecule is COC(=O)c1ccc(NS(=O)(=O)c2cc3c4c(c2)C(C)C(=O)N4CCC3)cc1. The summed E-state index contributed by atoms with van der Waals surface area (Å²) in [5, 5.41) is 0. The third kappa shape index (κ3) is 2.93. The molecule has 1 atom stereocenters. The molecule has 2 aliphatic heterocycles. The lowest BCUT2D eigenvalue weighted by molar-refractivity contribution is -0.119. The molecule has 0 aromatic heterocycles. The zero-order chi connectivity index (χ0) is 20.1. The Morgan fingerprint density at radius 1 is 1.21 bits per heavy atom. The number of ether oxygens (including phenoxy) is 1. The predicted molar refractivity (Wildman–Crippen MR) is 104 cm³/mol. The second kappa shape index (κ2) is 6.63. The van der Waals surface area contributed by atoms with Crippen LogP contribution in [-0.2, 0) is 26.0 Å². The zero-order valence-electron chi connectivity index (χ0n) is 15.6. The molecule has 4 rings (SSSR count). The summed E-state index contributed by atoms with van der Waals surface area (Å²) < 4.78 is 33.0. The van der Waals surface area contributed by atoms with Gasteiger partial charge in [-0.3, -0.25) is 9.52 Å². The third-order valence-corrected chi connectivity index (χ3v) is 6.62. The van der Waals surface area contributed by atoms with E-state index in [1.165, 1.54) is 31.4 Å². The van der Waals surface area contributed by atoms with Gasteiger partial charge in [-0.1, -0.05) is 0 Å². The van der Waals surface area contributed by atoms with Crippen molar-refractivity contribution in [3.63, 3.8) is 0 Å². The van der Waals surface area contributed by atoms with Crippen molar-refractivity contribution in [2.75, 3.05) is 23.3 Å². The number of carbonyl (C=O) groups is 2. The number of esters is 1. The van der Waals surface area contributed by atoms with Gasteiger partial charge in [0, 0.05) is 12.2 Å². The molecule has 1 amide bonds. The molecule has 2 heterocycles. The quantitative estimate of drug-likeness (QED) is 0.797. The molecular formula is C20H20N2O5S. The summed E-state index contributed by atoms with van der Waals surface area (Å²) in [5.41, 5.74) is 3.21. The fourth-order valence-corrected chi connectivity index (χ4v) is 4.97. The minimum Gasteiger partial charge on any atom is -0.465 e. The zero-order valence-corrected chi connectivity index (χ0v) is 16.4. The van der Waals surface area contributed by atoms with Gasteiger partial charge in [0.05, 0.1) is 29.2 Å². The van der Waals surface area contributed by atoms with Crippen molar-refractivity contribution in [3.8, 4) is 0 Å². The van der Waals surface area contributed by atoms with Gasteiger partial charge in [-0.2, -0.15) is 0 Å². The first-order chi connectivity index (χ1) is 13.3. The molecule has 146 valence electrons. The van der Waals surface area contributed by atoms with Gasteiger partial charge in [-0.05, 0) is 67.3 Å². The van der Waals surface area contributed by atoms with Crippen LogP contribution in [0.3, 0.4) is 0 Å². The van der Waals surface area contributed by atoms with Gasteiger partial charge in [0.25, 0.3) is 10.0 Å². The van der Waals surface area contributed by atoms with Crippen LogP contribution in [0.2, 0.25) is 0 Å². The number of nitrogens with zero attached hydrogens (tertiary/aromatic N) is 1. The van der Waals surface area contributed by atoms with Crippen molar-refractivity contribution in [3.05, 3.63) is 53.1 Å².